The van der Waals surface area contributed by atoms with Crippen LogP contribution in [0.1, 0.15) is 0 Å². The first-order valence-electron chi connectivity index (χ1n) is 3.00. The molecule has 10 heavy (non-hydrogen) atoms. The molecule has 50 valence electrons. The summed E-state index contributed by atoms with van der Waals surface area (Å²) in [5, 5.41) is 0. The third-order valence-electron chi connectivity index (χ3n) is 1.32. The molecule has 0 amide bonds. The van der Waals surface area contributed by atoms with Crippen molar-refractivity contribution < 1.29 is 4.84 Å². The molecule has 3 nitrogen and oxygen atoms in total. The van der Waals surface area contributed by atoms with Crippen LogP contribution in [0.25, 0.3) is 0 Å². The van der Waals surface area contributed by atoms with E-state index >= 15 is 0 Å². The summed E-state index contributed by atoms with van der Waals surface area (Å²) < 4.78 is 0. The monoisotopic (exact) mass is 134 g/mol. The lowest BCUT2D eigenvalue weighted by Crippen LogP contribution is -2.02. The Balaban J connectivity index is 2.54. The normalized spacial score (nSPS) is 13.2. The van der Waals surface area contributed by atoms with Gasteiger partial charge in [-0.1, -0.05) is 12.1 Å². The topological polar surface area (TPSA) is 33.6 Å². The molecular weight excluding hydrogens is 128 g/mol. The second kappa shape index (κ2) is 2.02. The highest BCUT2D eigenvalue weighted by Gasteiger charge is 2.01. The lowest BCUT2D eigenvalue weighted by atomic mass is 10.3. The van der Waals surface area contributed by atoms with E-state index < -0.39 is 0 Å². The quantitative estimate of drug-likeness (QED) is 0.585. The van der Waals surface area contributed by atoms with Gasteiger partial charge in [0, 0.05) is 0 Å². The smallest absolute Gasteiger partial charge is 0.209 e. The second-order valence-corrected chi connectivity index (χ2v) is 1.97. The Morgan fingerprint density at radius 1 is 1.30 bits per heavy atom. The molecule has 0 atom stereocenters. The van der Waals surface area contributed by atoms with Gasteiger partial charge in [0.25, 0.3) is 0 Å². The Bertz CT molecular complexity index is 270. The minimum absolute atomic E-state index is 0.907. The first-order chi connectivity index (χ1) is 4.97. The Morgan fingerprint density at radius 2 is 2.20 bits per heavy atom. The zero-order chi connectivity index (χ0) is 6.81. The fourth-order valence-corrected chi connectivity index (χ4v) is 0.845. The first kappa shape index (κ1) is 5.29. The molecule has 0 spiro atoms. The van der Waals surface area contributed by atoms with Crippen molar-refractivity contribution in [1.29, 1.82) is 0 Å². The summed E-state index contributed by atoms with van der Waals surface area (Å²) in [5.74, 6) is 0. The average molecular weight is 134 g/mol. The van der Waals surface area contributed by atoms with Crippen molar-refractivity contribution in [3.63, 3.8) is 0 Å². The third-order valence-corrected chi connectivity index (χ3v) is 1.32. The maximum atomic E-state index is 4.75. The van der Waals surface area contributed by atoms with Gasteiger partial charge in [-0.3, -0.25) is 0 Å². The standard InChI is InChI=1S/C7H6N2O/c1-2-4-7-6(3-1)8-5-10-9-7/h1-5,9H. The number of aliphatic imine (C=N–C) groups is 1. The van der Waals surface area contributed by atoms with Gasteiger partial charge in [0.15, 0.2) is 0 Å². The van der Waals surface area contributed by atoms with Crippen molar-refractivity contribution in [3.8, 4) is 0 Å². The number of fused-ring (bicyclic) bond motifs is 1. The van der Waals surface area contributed by atoms with E-state index in [2.05, 4.69) is 10.5 Å². The maximum absolute atomic E-state index is 4.75. The van der Waals surface area contributed by atoms with E-state index in [0.29, 0.717) is 0 Å². The zero-order valence-corrected chi connectivity index (χ0v) is 5.24. The average Bonchev–Trinajstić information content (AvgIpc) is 2.05. The van der Waals surface area contributed by atoms with Gasteiger partial charge in [0.1, 0.15) is 0 Å². The van der Waals surface area contributed by atoms with Crippen LogP contribution in [0, 0.1) is 0 Å². The summed E-state index contributed by atoms with van der Waals surface area (Å²) >= 11 is 0. The van der Waals surface area contributed by atoms with Crippen molar-refractivity contribution in [1.82, 2.24) is 0 Å². The highest BCUT2D eigenvalue weighted by Crippen LogP contribution is 2.25. The van der Waals surface area contributed by atoms with Gasteiger partial charge in [-0.25, -0.2) is 10.5 Å². The van der Waals surface area contributed by atoms with Crippen LogP contribution in [0.2, 0.25) is 0 Å². The van der Waals surface area contributed by atoms with Gasteiger partial charge in [-0.15, -0.1) is 0 Å². The highest BCUT2D eigenvalue weighted by molar-refractivity contribution is 5.72. The van der Waals surface area contributed by atoms with Crippen molar-refractivity contribution in [2.75, 3.05) is 5.48 Å². The van der Waals surface area contributed by atoms with Crippen LogP contribution in [0.4, 0.5) is 11.4 Å². The second-order valence-electron chi connectivity index (χ2n) is 1.97. The number of hydrogen-bond acceptors (Lipinski definition) is 3. The Kier molecular flexibility index (Phi) is 1.07. The van der Waals surface area contributed by atoms with Gasteiger partial charge in [-0.05, 0) is 12.1 Å². The van der Waals surface area contributed by atoms with Crippen LogP contribution in [0.5, 0.6) is 0 Å². The lowest BCUT2D eigenvalue weighted by Gasteiger charge is -2.10. The van der Waals surface area contributed by atoms with Crippen LogP contribution in [-0.2, 0) is 4.84 Å². The molecule has 3 heteroatoms. The van der Waals surface area contributed by atoms with E-state index in [9.17, 15) is 0 Å². The molecule has 1 aliphatic heterocycles. The zero-order valence-electron chi connectivity index (χ0n) is 5.24. The number of anilines is 1. The largest absolute Gasteiger partial charge is 0.370 e. The fraction of sp³-hybridized carbons (Fsp3) is 0. The molecule has 1 aromatic carbocycles. The van der Waals surface area contributed by atoms with E-state index in [4.69, 9.17) is 4.84 Å². The van der Waals surface area contributed by atoms with E-state index in [-0.39, 0.29) is 0 Å². The molecule has 1 aromatic rings. The van der Waals surface area contributed by atoms with Crippen LogP contribution in [0.3, 0.4) is 0 Å². The number of para-hydroxylation sites is 2. The summed E-state index contributed by atoms with van der Waals surface area (Å²) in [5.41, 5.74) is 4.53. The SMILES string of the molecule is C1=Nc2ccccc2NO1. The van der Waals surface area contributed by atoms with Crippen molar-refractivity contribution >= 4 is 17.8 Å². The minimum atomic E-state index is 0.907. The van der Waals surface area contributed by atoms with Gasteiger partial charge < -0.3 is 4.84 Å². The van der Waals surface area contributed by atoms with Crippen molar-refractivity contribution in [2.45, 2.75) is 0 Å². The Morgan fingerprint density at radius 3 is 3.10 bits per heavy atom. The van der Waals surface area contributed by atoms with Crippen LogP contribution < -0.4 is 5.48 Å². The summed E-state index contributed by atoms with van der Waals surface area (Å²) in [7, 11) is 0. The van der Waals surface area contributed by atoms with Crippen LogP contribution >= 0.6 is 0 Å². The van der Waals surface area contributed by atoms with Crippen LogP contribution in [-0.4, -0.2) is 6.40 Å². The molecule has 0 aromatic heterocycles. The number of nitrogens with zero attached hydrogens (tertiary/aromatic N) is 1. The molecule has 0 fully saturated rings. The van der Waals surface area contributed by atoms with Crippen molar-refractivity contribution in [2.24, 2.45) is 4.99 Å². The minimum Gasteiger partial charge on any atom is -0.370 e. The number of nitrogens with one attached hydrogen (secondary N) is 1. The summed E-state index contributed by atoms with van der Waals surface area (Å²) in [6.45, 7) is 0. The molecule has 1 N–H and O–H groups in total. The summed E-state index contributed by atoms with van der Waals surface area (Å²) in [6, 6.07) is 7.69. The van der Waals surface area contributed by atoms with Gasteiger partial charge in [-0.2, -0.15) is 0 Å². The van der Waals surface area contributed by atoms with E-state index in [0.717, 1.165) is 11.4 Å². The fourth-order valence-electron chi connectivity index (χ4n) is 0.845. The lowest BCUT2D eigenvalue weighted by molar-refractivity contribution is 0.408. The third kappa shape index (κ3) is 0.719. The molecule has 0 radical (unpaired) electrons. The van der Waals surface area contributed by atoms with Gasteiger partial charge >= 0.3 is 0 Å². The first-order valence-corrected chi connectivity index (χ1v) is 3.00. The molecule has 0 aliphatic carbocycles. The number of rotatable bonds is 0. The number of hydrogen-bond donors (Lipinski definition) is 1. The summed E-state index contributed by atoms with van der Waals surface area (Å²) in [4.78, 5) is 8.74. The molecule has 1 aliphatic rings. The van der Waals surface area contributed by atoms with E-state index in [1.54, 1.807) is 0 Å². The molecule has 0 bridgehead atoms. The van der Waals surface area contributed by atoms with E-state index in [1.165, 1.54) is 6.40 Å². The highest BCUT2D eigenvalue weighted by atomic mass is 16.6. The number of benzene rings is 1. The van der Waals surface area contributed by atoms with E-state index in [1.807, 2.05) is 24.3 Å². The summed E-state index contributed by atoms with van der Waals surface area (Å²) in [6.07, 6.45) is 1.38. The van der Waals surface area contributed by atoms with Gasteiger partial charge in [0.2, 0.25) is 6.40 Å². The molecular formula is C7H6N2O. The van der Waals surface area contributed by atoms with Crippen LogP contribution in [0.15, 0.2) is 29.3 Å². The molecule has 0 saturated carbocycles. The molecule has 1 heterocycles. The Hall–Kier alpha value is -1.51. The van der Waals surface area contributed by atoms with Crippen molar-refractivity contribution in [3.05, 3.63) is 24.3 Å². The van der Waals surface area contributed by atoms with Gasteiger partial charge in [0.05, 0.1) is 11.4 Å². The Labute approximate surface area is 58.3 Å². The maximum Gasteiger partial charge on any atom is 0.209 e. The molecule has 0 saturated heterocycles. The molecule has 2 rings (SSSR count). The molecule has 0 unspecified atom stereocenters. The predicted octanol–water partition coefficient (Wildman–Crippen LogP) is 1.70. The predicted molar refractivity (Wildman–Crippen MR) is 39.3 cm³/mol.